The summed E-state index contributed by atoms with van der Waals surface area (Å²) >= 11 is 5.77. The number of amides is 1. The first kappa shape index (κ1) is 15.5. The van der Waals surface area contributed by atoms with Crippen molar-refractivity contribution in [2.45, 2.75) is 13.0 Å². The van der Waals surface area contributed by atoms with Gasteiger partial charge < -0.3 is 14.7 Å². The van der Waals surface area contributed by atoms with Gasteiger partial charge in [0, 0.05) is 18.1 Å². The molecule has 1 aromatic carbocycles. The Hall–Kier alpha value is -1.52. The van der Waals surface area contributed by atoms with Gasteiger partial charge in [0.2, 0.25) is 0 Å². The standard InChI is InChI=1S/C14H18ClNO3/c1-3-8-16(9-10-17)14(18)11(2)19-13-6-4-12(15)5-7-13/h3-7,11,17H,1,8-10H2,2H3. The Labute approximate surface area is 118 Å². The number of rotatable bonds is 7. The van der Waals surface area contributed by atoms with Crippen LogP contribution in [0.25, 0.3) is 0 Å². The lowest BCUT2D eigenvalue weighted by atomic mass is 10.3. The summed E-state index contributed by atoms with van der Waals surface area (Å²) in [5.74, 6) is 0.386. The first-order valence-corrected chi connectivity index (χ1v) is 6.39. The van der Waals surface area contributed by atoms with E-state index in [9.17, 15) is 4.79 Å². The smallest absolute Gasteiger partial charge is 0.263 e. The molecule has 1 atom stereocenters. The summed E-state index contributed by atoms with van der Waals surface area (Å²) in [6.07, 6.45) is 0.982. The Morgan fingerprint density at radius 1 is 1.53 bits per heavy atom. The fourth-order valence-electron chi connectivity index (χ4n) is 1.59. The zero-order valence-electron chi connectivity index (χ0n) is 10.9. The second-order valence-corrected chi connectivity index (χ2v) is 4.45. The number of benzene rings is 1. The van der Waals surface area contributed by atoms with Crippen LogP contribution in [0.5, 0.6) is 5.75 Å². The first-order valence-electron chi connectivity index (χ1n) is 6.01. The number of carbonyl (C=O) groups excluding carboxylic acids is 1. The van der Waals surface area contributed by atoms with E-state index in [1.165, 1.54) is 4.90 Å². The molecule has 0 fully saturated rings. The predicted octanol–water partition coefficient (Wildman–Crippen LogP) is 2.11. The van der Waals surface area contributed by atoms with Crippen LogP contribution in [0, 0.1) is 0 Å². The van der Waals surface area contributed by atoms with Crippen molar-refractivity contribution in [3.05, 3.63) is 41.9 Å². The maximum absolute atomic E-state index is 12.1. The van der Waals surface area contributed by atoms with Gasteiger partial charge in [-0.3, -0.25) is 4.79 Å². The van der Waals surface area contributed by atoms with Crippen LogP contribution < -0.4 is 4.74 Å². The summed E-state index contributed by atoms with van der Waals surface area (Å²) < 4.78 is 5.54. The monoisotopic (exact) mass is 283 g/mol. The minimum absolute atomic E-state index is 0.0900. The quantitative estimate of drug-likeness (QED) is 0.780. The minimum atomic E-state index is -0.632. The van der Waals surface area contributed by atoms with Gasteiger partial charge in [0.1, 0.15) is 5.75 Å². The third-order valence-electron chi connectivity index (χ3n) is 2.51. The first-order chi connectivity index (χ1) is 9.08. The van der Waals surface area contributed by atoms with Crippen LogP contribution in [-0.2, 0) is 4.79 Å². The number of hydrogen-bond donors (Lipinski definition) is 1. The predicted molar refractivity (Wildman–Crippen MR) is 75.4 cm³/mol. The maximum atomic E-state index is 12.1. The molecular formula is C14H18ClNO3. The highest BCUT2D eigenvalue weighted by molar-refractivity contribution is 6.30. The summed E-state index contributed by atoms with van der Waals surface area (Å²) in [4.78, 5) is 13.6. The minimum Gasteiger partial charge on any atom is -0.481 e. The van der Waals surface area contributed by atoms with Crippen molar-refractivity contribution >= 4 is 17.5 Å². The molecule has 0 saturated heterocycles. The summed E-state index contributed by atoms with van der Waals surface area (Å²) in [5.41, 5.74) is 0. The van der Waals surface area contributed by atoms with Crippen LogP contribution in [0.4, 0.5) is 0 Å². The second-order valence-electron chi connectivity index (χ2n) is 4.01. The maximum Gasteiger partial charge on any atom is 0.263 e. The average molecular weight is 284 g/mol. The number of aliphatic hydroxyl groups is 1. The van der Waals surface area contributed by atoms with Crippen molar-refractivity contribution in [2.75, 3.05) is 19.7 Å². The molecule has 5 heteroatoms. The van der Waals surface area contributed by atoms with E-state index in [4.69, 9.17) is 21.4 Å². The van der Waals surface area contributed by atoms with Gasteiger partial charge in [0.15, 0.2) is 6.10 Å². The SMILES string of the molecule is C=CCN(CCO)C(=O)C(C)Oc1ccc(Cl)cc1. The van der Waals surface area contributed by atoms with Gasteiger partial charge >= 0.3 is 0 Å². The fraction of sp³-hybridized carbons (Fsp3) is 0.357. The van der Waals surface area contributed by atoms with Gasteiger partial charge in [0.25, 0.3) is 5.91 Å². The van der Waals surface area contributed by atoms with E-state index in [-0.39, 0.29) is 19.1 Å². The molecule has 0 saturated carbocycles. The van der Waals surface area contributed by atoms with Gasteiger partial charge in [-0.05, 0) is 31.2 Å². The largest absolute Gasteiger partial charge is 0.481 e. The van der Waals surface area contributed by atoms with Crippen molar-refractivity contribution in [3.63, 3.8) is 0 Å². The van der Waals surface area contributed by atoms with Crippen LogP contribution in [0.2, 0.25) is 5.02 Å². The highest BCUT2D eigenvalue weighted by Crippen LogP contribution is 2.17. The lowest BCUT2D eigenvalue weighted by Crippen LogP contribution is -2.42. The molecule has 0 aliphatic rings. The molecule has 0 radical (unpaired) electrons. The molecule has 4 nitrogen and oxygen atoms in total. The number of nitrogens with zero attached hydrogens (tertiary/aromatic N) is 1. The van der Waals surface area contributed by atoms with Crippen LogP contribution >= 0.6 is 11.6 Å². The Bertz CT molecular complexity index is 419. The van der Waals surface area contributed by atoms with Crippen LogP contribution in [0.15, 0.2) is 36.9 Å². The van der Waals surface area contributed by atoms with Gasteiger partial charge in [-0.2, -0.15) is 0 Å². The molecule has 1 rings (SSSR count). The number of halogens is 1. The third kappa shape index (κ3) is 4.93. The van der Waals surface area contributed by atoms with E-state index >= 15 is 0 Å². The molecular weight excluding hydrogens is 266 g/mol. The molecule has 0 heterocycles. The third-order valence-corrected chi connectivity index (χ3v) is 2.76. The zero-order chi connectivity index (χ0) is 14.3. The molecule has 1 unspecified atom stereocenters. The van der Waals surface area contributed by atoms with Gasteiger partial charge in [-0.1, -0.05) is 17.7 Å². The molecule has 0 aliphatic heterocycles. The van der Waals surface area contributed by atoms with E-state index in [0.717, 1.165) is 0 Å². The molecule has 104 valence electrons. The van der Waals surface area contributed by atoms with E-state index in [0.29, 0.717) is 17.3 Å². The normalized spacial score (nSPS) is 11.7. The van der Waals surface area contributed by atoms with Crippen molar-refractivity contribution in [3.8, 4) is 5.75 Å². The van der Waals surface area contributed by atoms with E-state index in [1.807, 2.05) is 0 Å². The van der Waals surface area contributed by atoms with Crippen LogP contribution in [0.1, 0.15) is 6.92 Å². The fourth-order valence-corrected chi connectivity index (χ4v) is 1.72. The lowest BCUT2D eigenvalue weighted by molar-refractivity contribution is -0.137. The molecule has 1 aromatic rings. The Morgan fingerprint density at radius 3 is 2.68 bits per heavy atom. The molecule has 1 amide bonds. The van der Waals surface area contributed by atoms with Crippen LogP contribution in [-0.4, -0.2) is 41.7 Å². The lowest BCUT2D eigenvalue weighted by Gasteiger charge is -2.24. The Morgan fingerprint density at radius 2 is 2.16 bits per heavy atom. The summed E-state index contributed by atoms with van der Waals surface area (Å²) in [6, 6.07) is 6.80. The van der Waals surface area contributed by atoms with Crippen molar-refractivity contribution in [1.29, 1.82) is 0 Å². The molecule has 0 bridgehead atoms. The Balaban J connectivity index is 2.64. The number of ether oxygens (including phenoxy) is 1. The summed E-state index contributed by atoms with van der Waals surface area (Å²) in [5, 5.41) is 9.54. The van der Waals surface area contributed by atoms with Gasteiger partial charge in [-0.25, -0.2) is 0 Å². The molecule has 0 aromatic heterocycles. The molecule has 1 N–H and O–H groups in total. The highest BCUT2D eigenvalue weighted by atomic mass is 35.5. The van der Waals surface area contributed by atoms with Crippen molar-refractivity contribution in [1.82, 2.24) is 4.90 Å². The number of carbonyl (C=O) groups is 1. The average Bonchev–Trinajstić information content (AvgIpc) is 2.40. The number of aliphatic hydroxyl groups excluding tert-OH is 1. The second kappa shape index (κ2) is 7.81. The molecule has 0 aliphatic carbocycles. The summed E-state index contributed by atoms with van der Waals surface area (Å²) in [6.45, 7) is 5.81. The van der Waals surface area contributed by atoms with Crippen molar-refractivity contribution in [2.24, 2.45) is 0 Å². The Kier molecular flexibility index (Phi) is 6.39. The van der Waals surface area contributed by atoms with E-state index < -0.39 is 6.10 Å². The van der Waals surface area contributed by atoms with Gasteiger partial charge in [0.05, 0.1) is 6.61 Å². The molecule has 19 heavy (non-hydrogen) atoms. The van der Waals surface area contributed by atoms with E-state index in [1.54, 1.807) is 37.3 Å². The summed E-state index contributed by atoms with van der Waals surface area (Å²) in [7, 11) is 0. The van der Waals surface area contributed by atoms with E-state index in [2.05, 4.69) is 6.58 Å². The zero-order valence-corrected chi connectivity index (χ0v) is 11.6. The van der Waals surface area contributed by atoms with Crippen molar-refractivity contribution < 1.29 is 14.6 Å². The van der Waals surface area contributed by atoms with Gasteiger partial charge in [-0.15, -0.1) is 6.58 Å². The number of hydrogen-bond acceptors (Lipinski definition) is 3. The van der Waals surface area contributed by atoms with Crippen LogP contribution in [0.3, 0.4) is 0 Å². The topological polar surface area (TPSA) is 49.8 Å². The molecule has 0 spiro atoms. The highest BCUT2D eigenvalue weighted by Gasteiger charge is 2.20.